The summed E-state index contributed by atoms with van der Waals surface area (Å²) in [5.41, 5.74) is 4.41. The van der Waals surface area contributed by atoms with Crippen molar-refractivity contribution in [2.45, 2.75) is 40.5 Å². The SMILES string of the molecule is C/C=C\C(CCc1ccsc1C)=C(C)C. The third kappa shape index (κ3) is 3.67. The fourth-order valence-electron chi connectivity index (χ4n) is 1.64. The number of aryl methyl sites for hydroxylation is 2. The molecular weight excluding hydrogens is 200 g/mol. The molecule has 0 atom stereocenters. The topological polar surface area (TPSA) is 0 Å². The first-order valence-corrected chi connectivity index (χ1v) is 6.35. The summed E-state index contributed by atoms with van der Waals surface area (Å²) in [6.45, 7) is 8.67. The molecule has 0 aliphatic rings. The van der Waals surface area contributed by atoms with Crippen LogP contribution in [-0.2, 0) is 6.42 Å². The minimum Gasteiger partial charge on any atom is -0.149 e. The zero-order valence-corrected chi connectivity index (χ0v) is 10.9. The number of rotatable bonds is 4. The molecule has 0 aliphatic carbocycles. The molecule has 0 aromatic carbocycles. The molecule has 1 heteroatoms. The summed E-state index contributed by atoms with van der Waals surface area (Å²) in [5, 5.41) is 2.18. The Morgan fingerprint density at radius 1 is 1.40 bits per heavy atom. The second-order valence-corrected chi connectivity index (χ2v) is 5.15. The second-order valence-electron chi connectivity index (χ2n) is 4.03. The van der Waals surface area contributed by atoms with Gasteiger partial charge in [0, 0.05) is 4.88 Å². The Kier molecular flexibility index (Phi) is 4.83. The minimum absolute atomic E-state index is 1.16. The molecule has 1 aromatic rings. The monoisotopic (exact) mass is 220 g/mol. The summed E-state index contributed by atoms with van der Waals surface area (Å²) >= 11 is 1.84. The van der Waals surface area contributed by atoms with Crippen LogP contribution in [0.5, 0.6) is 0 Å². The highest BCUT2D eigenvalue weighted by Crippen LogP contribution is 2.20. The lowest BCUT2D eigenvalue weighted by Crippen LogP contribution is -1.89. The summed E-state index contributed by atoms with van der Waals surface area (Å²) in [6.07, 6.45) is 6.68. The Hall–Kier alpha value is -0.820. The van der Waals surface area contributed by atoms with Gasteiger partial charge in [0.1, 0.15) is 0 Å². The number of allylic oxidation sites excluding steroid dienone is 4. The van der Waals surface area contributed by atoms with Crippen LogP contribution in [0.25, 0.3) is 0 Å². The molecule has 0 bridgehead atoms. The zero-order chi connectivity index (χ0) is 11.3. The first-order chi connectivity index (χ1) is 7.15. The molecule has 0 nitrogen and oxygen atoms in total. The van der Waals surface area contributed by atoms with E-state index in [1.165, 1.54) is 28.0 Å². The van der Waals surface area contributed by atoms with E-state index in [-0.39, 0.29) is 0 Å². The van der Waals surface area contributed by atoms with Crippen LogP contribution >= 0.6 is 11.3 Å². The third-order valence-electron chi connectivity index (χ3n) is 2.64. The number of hydrogen-bond donors (Lipinski definition) is 0. The molecule has 0 unspecified atom stereocenters. The van der Waals surface area contributed by atoms with Crippen LogP contribution in [0.2, 0.25) is 0 Å². The Labute approximate surface area is 97.3 Å². The van der Waals surface area contributed by atoms with Crippen molar-refractivity contribution in [1.29, 1.82) is 0 Å². The van der Waals surface area contributed by atoms with E-state index < -0.39 is 0 Å². The predicted molar refractivity (Wildman–Crippen MR) is 70.6 cm³/mol. The van der Waals surface area contributed by atoms with Gasteiger partial charge >= 0.3 is 0 Å². The largest absolute Gasteiger partial charge is 0.149 e. The van der Waals surface area contributed by atoms with Crippen LogP contribution in [0.3, 0.4) is 0 Å². The molecular formula is C14H20S. The minimum atomic E-state index is 1.16. The molecule has 0 saturated carbocycles. The van der Waals surface area contributed by atoms with Gasteiger partial charge in [-0.15, -0.1) is 11.3 Å². The Morgan fingerprint density at radius 2 is 2.13 bits per heavy atom. The van der Waals surface area contributed by atoms with Gasteiger partial charge in [-0.05, 0) is 63.1 Å². The van der Waals surface area contributed by atoms with Gasteiger partial charge in [-0.2, -0.15) is 0 Å². The summed E-state index contributed by atoms with van der Waals surface area (Å²) in [7, 11) is 0. The lowest BCUT2D eigenvalue weighted by atomic mass is 10.0. The van der Waals surface area contributed by atoms with Crippen molar-refractivity contribution in [2.24, 2.45) is 0 Å². The summed E-state index contributed by atoms with van der Waals surface area (Å²) in [4.78, 5) is 1.46. The highest BCUT2D eigenvalue weighted by atomic mass is 32.1. The molecule has 82 valence electrons. The van der Waals surface area contributed by atoms with E-state index >= 15 is 0 Å². The second kappa shape index (κ2) is 5.92. The lowest BCUT2D eigenvalue weighted by Gasteiger charge is -2.05. The van der Waals surface area contributed by atoms with Gasteiger partial charge in [-0.1, -0.05) is 17.7 Å². The molecule has 1 aromatic heterocycles. The van der Waals surface area contributed by atoms with Crippen LogP contribution in [-0.4, -0.2) is 0 Å². The van der Waals surface area contributed by atoms with Gasteiger partial charge in [-0.25, -0.2) is 0 Å². The van der Waals surface area contributed by atoms with Crippen LogP contribution in [0, 0.1) is 6.92 Å². The average molecular weight is 220 g/mol. The summed E-state index contributed by atoms with van der Waals surface area (Å²) in [5.74, 6) is 0. The molecule has 1 heterocycles. The van der Waals surface area contributed by atoms with E-state index in [4.69, 9.17) is 0 Å². The standard InChI is InChI=1S/C14H20S/c1-5-6-13(11(2)3)7-8-14-9-10-15-12(14)4/h5-6,9-10H,7-8H2,1-4H3/b6-5-. The lowest BCUT2D eigenvalue weighted by molar-refractivity contribution is 0.945. The normalized spacial score (nSPS) is 10.9. The maximum Gasteiger partial charge on any atom is 0.00463 e. The Morgan fingerprint density at radius 3 is 2.60 bits per heavy atom. The molecule has 0 aliphatic heterocycles. The van der Waals surface area contributed by atoms with Crippen molar-refractivity contribution >= 4 is 11.3 Å². The summed E-state index contributed by atoms with van der Waals surface area (Å²) < 4.78 is 0. The van der Waals surface area contributed by atoms with Crippen LogP contribution in [0.15, 0.2) is 34.7 Å². The molecule has 1 rings (SSSR count). The van der Waals surface area contributed by atoms with E-state index in [2.05, 4.69) is 51.3 Å². The van der Waals surface area contributed by atoms with Gasteiger partial charge in [0.15, 0.2) is 0 Å². The van der Waals surface area contributed by atoms with Crippen molar-refractivity contribution in [2.75, 3.05) is 0 Å². The molecule has 0 N–H and O–H groups in total. The van der Waals surface area contributed by atoms with Gasteiger partial charge in [0.25, 0.3) is 0 Å². The van der Waals surface area contributed by atoms with E-state index in [9.17, 15) is 0 Å². The van der Waals surface area contributed by atoms with Crippen molar-refractivity contribution in [3.8, 4) is 0 Å². The smallest absolute Gasteiger partial charge is 0.00463 e. The maximum atomic E-state index is 2.25. The van der Waals surface area contributed by atoms with Gasteiger partial charge < -0.3 is 0 Å². The quantitative estimate of drug-likeness (QED) is 0.633. The average Bonchev–Trinajstić information content (AvgIpc) is 2.58. The maximum absolute atomic E-state index is 2.25. The number of thiophene rings is 1. The third-order valence-corrected chi connectivity index (χ3v) is 3.53. The Bertz CT molecular complexity index is 362. The van der Waals surface area contributed by atoms with Gasteiger partial charge in [0.2, 0.25) is 0 Å². The van der Waals surface area contributed by atoms with E-state index in [0.29, 0.717) is 0 Å². The van der Waals surface area contributed by atoms with Gasteiger partial charge in [0.05, 0.1) is 0 Å². The first-order valence-electron chi connectivity index (χ1n) is 5.47. The van der Waals surface area contributed by atoms with Crippen LogP contribution < -0.4 is 0 Å². The van der Waals surface area contributed by atoms with Crippen LogP contribution in [0.4, 0.5) is 0 Å². The molecule has 0 radical (unpaired) electrons. The first kappa shape index (κ1) is 12.3. The number of hydrogen-bond acceptors (Lipinski definition) is 1. The zero-order valence-electron chi connectivity index (χ0n) is 10.1. The van der Waals surface area contributed by atoms with E-state index in [1.807, 2.05) is 11.3 Å². The fraction of sp³-hybridized carbons (Fsp3) is 0.429. The van der Waals surface area contributed by atoms with Crippen molar-refractivity contribution in [3.05, 3.63) is 45.2 Å². The highest BCUT2D eigenvalue weighted by molar-refractivity contribution is 7.10. The molecule has 0 fully saturated rings. The van der Waals surface area contributed by atoms with Crippen molar-refractivity contribution < 1.29 is 0 Å². The molecule has 15 heavy (non-hydrogen) atoms. The molecule has 0 spiro atoms. The van der Waals surface area contributed by atoms with E-state index in [1.54, 1.807) is 0 Å². The summed E-state index contributed by atoms with van der Waals surface area (Å²) in [6, 6.07) is 2.25. The molecule has 0 saturated heterocycles. The van der Waals surface area contributed by atoms with E-state index in [0.717, 1.165) is 6.42 Å². The highest BCUT2D eigenvalue weighted by Gasteiger charge is 2.01. The Balaban J connectivity index is 2.63. The van der Waals surface area contributed by atoms with Gasteiger partial charge in [-0.3, -0.25) is 0 Å². The fourth-order valence-corrected chi connectivity index (χ4v) is 2.40. The van der Waals surface area contributed by atoms with Crippen molar-refractivity contribution in [3.63, 3.8) is 0 Å². The van der Waals surface area contributed by atoms with Crippen LogP contribution in [0.1, 0.15) is 37.6 Å². The van der Waals surface area contributed by atoms with Crippen molar-refractivity contribution in [1.82, 2.24) is 0 Å². The molecule has 0 amide bonds. The predicted octanol–water partition coefficient (Wildman–Crippen LogP) is 4.90.